The Kier molecular flexibility index (Phi) is 9.92. The lowest BCUT2D eigenvalue weighted by Gasteiger charge is -2.16. The third kappa shape index (κ3) is 7.74. The van der Waals surface area contributed by atoms with Gasteiger partial charge in [0.15, 0.2) is 0 Å². The molecule has 1 aromatic heterocycles. The van der Waals surface area contributed by atoms with Crippen LogP contribution in [0.4, 0.5) is 21.9 Å². The molecule has 0 fully saturated rings. The van der Waals surface area contributed by atoms with Crippen LogP contribution < -0.4 is 32.6 Å². The van der Waals surface area contributed by atoms with Crippen molar-refractivity contribution in [3.05, 3.63) is 77.2 Å². The molecule has 3 amide bonds. The number of hydrazine groups is 1. The van der Waals surface area contributed by atoms with Gasteiger partial charge in [0.1, 0.15) is 12.2 Å². The average molecular weight is 592 g/mol. The summed E-state index contributed by atoms with van der Waals surface area (Å²) < 4.78 is 4.66. The molecular formula is C28H30ClN9O4. The van der Waals surface area contributed by atoms with Gasteiger partial charge in [-0.15, -0.1) is 0 Å². The van der Waals surface area contributed by atoms with Gasteiger partial charge in [-0.3, -0.25) is 19.9 Å². The van der Waals surface area contributed by atoms with Gasteiger partial charge >= 0.3 is 6.09 Å². The van der Waals surface area contributed by atoms with Crippen molar-refractivity contribution in [1.82, 2.24) is 15.3 Å². The smallest absolute Gasteiger partial charge is 0.411 e. The fraction of sp³-hybridized carbons (Fsp3) is 0.179. The number of ether oxygens (including phenoxy) is 1. The molecule has 0 spiro atoms. The van der Waals surface area contributed by atoms with E-state index < -0.39 is 12.1 Å². The number of hydrogen-bond acceptors (Lipinski definition) is 8. The number of hydrazone groups is 1. The van der Waals surface area contributed by atoms with Crippen LogP contribution in [0.25, 0.3) is 17.3 Å². The Bertz CT molecular complexity index is 1550. The van der Waals surface area contributed by atoms with Crippen LogP contribution in [0.15, 0.2) is 65.9 Å². The first-order valence-electron chi connectivity index (χ1n) is 12.8. The highest BCUT2D eigenvalue weighted by Crippen LogP contribution is 2.31. The van der Waals surface area contributed by atoms with Gasteiger partial charge in [0, 0.05) is 34.3 Å². The SMILES string of the molecule is COC(=O)Nc1ccc2c(c1)NC(=O)CC/C=C/C[C@H](NC(=O)/C=C/c1cc(Cl)ccc1N(N)/C=N\N)c1ncc-2[nH]1. The van der Waals surface area contributed by atoms with Crippen LogP contribution in [-0.4, -0.2) is 41.3 Å². The van der Waals surface area contributed by atoms with E-state index in [1.807, 2.05) is 12.2 Å². The molecule has 42 heavy (non-hydrogen) atoms. The molecule has 0 saturated heterocycles. The molecule has 8 N–H and O–H groups in total. The summed E-state index contributed by atoms with van der Waals surface area (Å²) in [4.78, 5) is 45.1. The number of nitrogens with zero attached hydrogens (tertiary/aromatic N) is 3. The second-order valence-corrected chi connectivity index (χ2v) is 9.56. The maximum Gasteiger partial charge on any atom is 0.411 e. The quantitative estimate of drug-likeness (QED) is 0.0617. The van der Waals surface area contributed by atoms with Gasteiger partial charge in [-0.25, -0.2) is 15.6 Å². The predicted molar refractivity (Wildman–Crippen MR) is 162 cm³/mol. The Hall–Kier alpha value is -5.14. The van der Waals surface area contributed by atoms with Gasteiger partial charge in [0.25, 0.3) is 0 Å². The largest absolute Gasteiger partial charge is 0.453 e. The van der Waals surface area contributed by atoms with E-state index in [-0.39, 0.29) is 18.2 Å². The molecule has 0 saturated carbocycles. The van der Waals surface area contributed by atoms with Crippen molar-refractivity contribution < 1.29 is 19.1 Å². The average Bonchev–Trinajstić information content (AvgIpc) is 3.45. The number of imidazole rings is 1. The highest BCUT2D eigenvalue weighted by atomic mass is 35.5. The molecule has 2 aromatic carbocycles. The van der Waals surface area contributed by atoms with Crippen molar-refractivity contribution in [2.75, 3.05) is 22.8 Å². The summed E-state index contributed by atoms with van der Waals surface area (Å²) >= 11 is 6.15. The number of allylic oxidation sites excluding steroid dienone is 1. The Morgan fingerprint density at radius 3 is 2.86 bits per heavy atom. The molecule has 1 atom stereocenters. The highest BCUT2D eigenvalue weighted by Gasteiger charge is 2.19. The summed E-state index contributed by atoms with van der Waals surface area (Å²) in [5, 5.41) is 13.6. The maximum absolute atomic E-state index is 13.0. The number of rotatable bonds is 6. The first kappa shape index (κ1) is 29.8. The van der Waals surface area contributed by atoms with Crippen LogP contribution in [0.5, 0.6) is 0 Å². The van der Waals surface area contributed by atoms with Crippen molar-refractivity contribution >= 4 is 59.0 Å². The van der Waals surface area contributed by atoms with Crippen molar-refractivity contribution in [3.8, 4) is 11.3 Å². The summed E-state index contributed by atoms with van der Waals surface area (Å²) in [6.45, 7) is 0. The lowest BCUT2D eigenvalue weighted by Crippen LogP contribution is -2.30. The number of nitrogens with one attached hydrogen (secondary N) is 4. The monoisotopic (exact) mass is 591 g/mol. The fourth-order valence-corrected chi connectivity index (χ4v) is 4.39. The van der Waals surface area contributed by atoms with Crippen molar-refractivity contribution in [3.63, 3.8) is 0 Å². The second-order valence-electron chi connectivity index (χ2n) is 9.12. The number of methoxy groups -OCH3 is 1. The van der Waals surface area contributed by atoms with E-state index in [4.69, 9.17) is 23.3 Å². The minimum absolute atomic E-state index is 0.195. The van der Waals surface area contributed by atoms with Crippen molar-refractivity contribution in [2.45, 2.75) is 25.3 Å². The van der Waals surface area contributed by atoms with Crippen molar-refractivity contribution in [1.29, 1.82) is 0 Å². The van der Waals surface area contributed by atoms with E-state index in [1.54, 1.807) is 48.7 Å². The summed E-state index contributed by atoms with van der Waals surface area (Å²) in [6.07, 6.45) is 10.1. The summed E-state index contributed by atoms with van der Waals surface area (Å²) in [7, 11) is 1.26. The lowest BCUT2D eigenvalue weighted by atomic mass is 10.1. The van der Waals surface area contributed by atoms with Gasteiger partial charge in [-0.1, -0.05) is 23.8 Å². The summed E-state index contributed by atoms with van der Waals surface area (Å²) in [5.41, 5.74) is 3.28. The number of H-pyrrole nitrogens is 1. The minimum atomic E-state index is -0.635. The van der Waals surface area contributed by atoms with E-state index >= 15 is 0 Å². The number of benzene rings is 2. The third-order valence-electron chi connectivity index (χ3n) is 6.21. The number of hydrogen-bond donors (Lipinski definition) is 6. The molecule has 4 rings (SSSR count). The number of carbonyl (C=O) groups is 3. The predicted octanol–water partition coefficient (Wildman–Crippen LogP) is 4.04. The van der Waals surface area contributed by atoms with E-state index in [0.29, 0.717) is 57.6 Å². The summed E-state index contributed by atoms with van der Waals surface area (Å²) in [6, 6.07) is 9.54. The highest BCUT2D eigenvalue weighted by molar-refractivity contribution is 6.30. The maximum atomic E-state index is 13.0. The number of fused-ring (bicyclic) bond motifs is 4. The number of amides is 3. The van der Waals surface area contributed by atoms with Crippen LogP contribution in [0.3, 0.4) is 0 Å². The normalized spacial score (nSPS) is 16.0. The first-order valence-corrected chi connectivity index (χ1v) is 13.2. The molecule has 13 nitrogen and oxygen atoms in total. The van der Waals surface area contributed by atoms with Gasteiger partial charge in [0.2, 0.25) is 11.8 Å². The molecule has 2 heterocycles. The molecule has 3 aromatic rings. The molecule has 1 aliphatic rings. The zero-order chi connectivity index (χ0) is 30.1. The van der Waals surface area contributed by atoms with Gasteiger partial charge < -0.3 is 26.2 Å². The summed E-state index contributed by atoms with van der Waals surface area (Å²) in [5.74, 6) is 11.1. The molecule has 0 aliphatic carbocycles. The number of nitrogens with two attached hydrogens (primary N) is 2. The molecular weight excluding hydrogens is 562 g/mol. The second kappa shape index (κ2) is 14.0. The number of aromatic amines is 1. The Morgan fingerprint density at radius 2 is 2.07 bits per heavy atom. The van der Waals surface area contributed by atoms with Crippen LogP contribution in [0, 0.1) is 0 Å². The minimum Gasteiger partial charge on any atom is -0.453 e. The molecule has 2 bridgehead atoms. The molecule has 1 aliphatic heterocycles. The van der Waals surface area contributed by atoms with Gasteiger partial charge in [0.05, 0.1) is 36.4 Å². The zero-order valence-electron chi connectivity index (χ0n) is 22.6. The van der Waals surface area contributed by atoms with E-state index in [1.165, 1.54) is 24.5 Å². The number of halogens is 1. The van der Waals surface area contributed by atoms with Crippen LogP contribution >= 0.6 is 11.6 Å². The van der Waals surface area contributed by atoms with Gasteiger partial charge in [-0.05, 0) is 55.3 Å². The van der Waals surface area contributed by atoms with E-state index in [0.717, 1.165) is 0 Å². The topological polar surface area (TPSA) is 193 Å². The standard InChI is InChI=1S/C28H30ClN9O4/c1-42-28(41)34-19-9-10-20-22(14-19)36-25(39)6-4-2-3-5-21(27-32-15-23(20)37-27)35-26(40)12-7-17-13-18(29)8-11-24(17)38(31)16-33-30/h2-3,7-16,21H,4-6,30-31H2,1H3,(H,32,37)(H,34,41)(H,35,40)(H,36,39)/b3-2+,12-7+,33-16-/t21-/m0/s1. The third-order valence-corrected chi connectivity index (χ3v) is 6.44. The first-order chi connectivity index (χ1) is 20.3. The van der Waals surface area contributed by atoms with E-state index in [2.05, 4.69) is 35.8 Å². The van der Waals surface area contributed by atoms with E-state index in [9.17, 15) is 14.4 Å². The molecule has 218 valence electrons. The van der Waals surface area contributed by atoms with Crippen molar-refractivity contribution in [2.24, 2.45) is 16.8 Å². The molecule has 0 radical (unpaired) electrons. The molecule has 0 unspecified atom stereocenters. The van der Waals surface area contributed by atoms with Crippen LogP contribution in [0.1, 0.15) is 36.7 Å². The fourth-order valence-electron chi connectivity index (χ4n) is 4.21. The Morgan fingerprint density at radius 1 is 1.24 bits per heavy atom. The molecule has 14 heteroatoms. The number of anilines is 3. The Balaban J connectivity index is 1.60. The zero-order valence-corrected chi connectivity index (χ0v) is 23.4. The van der Waals surface area contributed by atoms with Crippen LogP contribution in [-0.2, 0) is 14.3 Å². The number of carbonyl (C=O) groups excluding carboxylic acids is 3. The Labute approximate surface area is 246 Å². The van der Waals surface area contributed by atoms with Gasteiger partial charge in [-0.2, -0.15) is 5.10 Å². The lowest BCUT2D eigenvalue weighted by molar-refractivity contribution is -0.117. The number of aromatic nitrogens is 2. The van der Waals surface area contributed by atoms with Crippen LogP contribution in [0.2, 0.25) is 5.02 Å².